The van der Waals surface area contributed by atoms with Crippen molar-refractivity contribution < 1.29 is 4.39 Å². The zero-order valence-corrected chi connectivity index (χ0v) is 9.88. The van der Waals surface area contributed by atoms with Gasteiger partial charge in [0.25, 0.3) is 0 Å². The number of hydrogen-bond donors (Lipinski definition) is 0. The van der Waals surface area contributed by atoms with Gasteiger partial charge in [0, 0.05) is 11.4 Å². The van der Waals surface area contributed by atoms with Crippen LogP contribution in [0.5, 0.6) is 0 Å². The van der Waals surface area contributed by atoms with E-state index >= 15 is 0 Å². The van der Waals surface area contributed by atoms with Gasteiger partial charge >= 0.3 is 0 Å². The predicted molar refractivity (Wildman–Crippen MR) is 65.2 cm³/mol. The summed E-state index contributed by atoms with van der Waals surface area (Å²) in [7, 11) is 0. The van der Waals surface area contributed by atoms with Crippen molar-refractivity contribution >= 4 is 17.2 Å². The van der Waals surface area contributed by atoms with Crippen LogP contribution in [0.1, 0.15) is 11.8 Å². The van der Waals surface area contributed by atoms with Gasteiger partial charge in [-0.1, -0.05) is 12.1 Å². The second kappa shape index (κ2) is 5.07. The maximum absolute atomic E-state index is 13.0. The molecular formula is C12H13FN2S. The molecule has 2 aromatic heterocycles. The molecule has 0 saturated carbocycles. The molecule has 0 aliphatic carbocycles. The van der Waals surface area contributed by atoms with E-state index in [4.69, 9.17) is 0 Å². The van der Waals surface area contributed by atoms with Crippen molar-refractivity contribution in [2.45, 2.75) is 13.5 Å². The molecule has 0 aliphatic heterocycles. The summed E-state index contributed by atoms with van der Waals surface area (Å²) in [5.41, 5.74) is 0. The van der Waals surface area contributed by atoms with E-state index in [0.717, 1.165) is 13.1 Å². The predicted octanol–water partition coefficient (Wildman–Crippen LogP) is 3.31. The lowest BCUT2D eigenvalue weighted by atomic mass is 10.3. The minimum absolute atomic E-state index is 0.429. The molecule has 2 nitrogen and oxygen atoms in total. The van der Waals surface area contributed by atoms with Gasteiger partial charge in [-0.05, 0) is 30.5 Å². The number of pyridine rings is 1. The molecule has 0 N–H and O–H groups in total. The molecule has 0 bridgehead atoms. The molecule has 0 aliphatic rings. The smallest absolute Gasteiger partial charge is 0.214 e. The zero-order valence-electron chi connectivity index (χ0n) is 9.06. The van der Waals surface area contributed by atoms with Gasteiger partial charge in [0.2, 0.25) is 5.95 Å². The van der Waals surface area contributed by atoms with E-state index < -0.39 is 5.95 Å². The van der Waals surface area contributed by atoms with E-state index in [-0.39, 0.29) is 0 Å². The normalized spacial score (nSPS) is 10.4. The average molecular weight is 236 g/mol. The summed E-state index contributed by atoms with van der Waals surface area (Å²) in [6, 6.07) is 8.98. The Balaban J connectivity index is 2.16. The Morgan fingerprint density at radius 1 is 1.31 bits per heavy atom. The Labute approximate surface area is 98.4 Å². The molecule has 0 atom stereocenters. The van der Waals surface area contributed by atoms with Gasteiger partial charge < -0.3 is 4.90 Å². The highest BCUT2D eigenvalue weighted by molar-refractivity contribution is 7.09. The molecule has 2 aromatic rings. The Kier molecular flexibility index (Phi) is 3.51. The first-order chi connectivity index (χ1) is 7.79. The molecule has 0 fully saturated rings. The van der Waals surface area contributed by atoms with Crippen molar-refractivity contribution in [2.24, 2.45) is 0 Å². The van der Waals surface area contributed by atoms with E-state index in [9.17, 15) is 4.39 Å². The van der Waals surface area contributed by atoms with Crippen LogP contribution in [0.2, 0.25) is 0 Å². The third-order valence-corrected chi connectivity index (χ3v) is 3.19. The summed E-state index contributed by atoms with van der Waals surface area (Å²) in [6.45, 7) is 3.64. The van der Waals surface area contributed by atoms with Gasteiger partial charge in [0.05, 0.1) is 6.54 Å². The molecule has 16 heavy (non-hydrogen) atoms. The molecule has 0 aromatic carbocycles. The van der Waals surface area contributed by atoms with Crippen LogP contribution >= 0.6 is 11.3 Å². The molecule has 0 unspecified atom stereocenters. The molecule has 0 amide bonds. The van der Waals surface area contributed by atoms with Crippen LogP contribution in [0.4, 0.5) is 10.2 Å². The van der Waals surface area contributed by atoms with Gasteiger partial charge in [-0.3, -0.25) is 0 Å². The molecular weight excluding hydrogens is 223 g/mol. The molecule has 2 rings (SSSR count). The van der Waals surface area contributed by atoms with Crippen molar-refractivity contribution in [1.82, 2.24) is 4.98 Å². The van der Waals surface area contributed by atoms with Crippen LogP contribution in [0, 0.1) is 5.95 Å². The first kappa shape index (κ1) is 11.1. The lowest BCUT2D eigenvalue weighted by molar-refractivity contribution is 0.581. The van der Waals surface area contributed by atoms with Gasteiger partial charge in [0.1, 0.15) is 5.82 Å². The highest BCUT2D eigenvalue weighted by Crippen LogP contribution is 2.17. The van der Waals surface area contributed by atoms with Crippen LogP contribution in [0.25, 0.3) is 0 Å². The minimum Gasteiger partial charge on any atom is -0.352 e. The van der Waals surface area contributed by atoms with E-state index in [0.29, 0.717) is 5.82 Å². The SMILES string of the molecule is CCN(Cc1cccs1)c1cccc(F)n1. The van der Waals surface area contributed by atoms with Crippen LogP contribution in [0.15, 0.2) is 35.7 Å². The fourth-order valence-electron chi connectivity index (χ4n) is 1.52. The summed E-state index contributed by atoms with van der Waals surface area (Å²) in [6.07, 6.45) is 0. The molecule has 0 spiro atoms. The van der Waals surface area contributed by atoms with E-state index in [2.05, 4.69) is 16.0 Å². The highest BCUT2D eigenvalue weighted by atomic mass is 32.1. The summed E-state index contributed by atoms with van der Waals surface area (Å²) < 4.78 is 13.0. The third kappa shape index (κ3) is 2.58. The highest BCUT2D eigenvalue weighted by Gasteiger charge is 2.07. The largest absolute Gasteiger partial charge is 0.352 e. The number of aromatic nitrogens is 1. The number of rotatable bonds is 4. The second-order valence-corrected chi connectivity index (χ2v) is 4.44. The van der Waals surface area contributed by atoms with Crippen molar-refractivity contribution in [2.75, 3.05) is 11.4 Å². The molecule has 2 heterocycles. The second-order valence-electron chi connectivity index (χ2n) is 3.41. The average Bonchev–Trinajstić information content (AvgIpc) is 2.78. The zero-order chi connectivity index (χ0) is 11.4. The topological polar surface area (TPSA) is 16.1 Å². The fraction of sp³-hybridized carbons (Fsp3) is 0.250. The van der Waals surface area contributed by atoms with Crippen molar-refractivity contribution in [3.8, 4) is 0 Å². The maximum atomic E-state index is 13.0. The Morgan fingerprint density at radius 2 is 2.19 bits per heavy atom. The molecule has 84 valence electrons. The Morgan fingerprint density at radius 3 is 2.81 bits per heavy atom. The lowest BCUT2D eigenvalue weighted by Gasteiger charge is -2.20. The van der Waals surface area contributed by atoms with E-state index in [1.807, 2.05) is 24.4 Å². The summed E-state index contributed by atoms with van der Waals surface area (Å²) in [5.74, 6) is 0.262. The fourth-order valence-corrected chi connectivity index (χ4v) is 2.24. The first-order valence-electron chi connectivity index (χ1n) is 5.19. The quantitative estimate of drug-likeness (QED) is 0.757. The number of thiophene rings is 1. The summed E-state index contributed by atoms with van der Waals surface area (Å²) >= 11 is 1.70. The summed E-state index contributed by atoms with van der Waals surface area (Å²) in [5, 5.41) is 2.04. The minimum atomic E-state index is -0.429. The van der Waals surface area contributed by atoms with Crippen LogP contribution in [-0.4, -0.2) is 11.5 Å². The molecule has 0 saturated heterocycles. The lowest BCUT2D eigenvalue weighted by Crippen LogP contribution is -2.22. The molecule has 4 heteroatoms. The van der Waals surface area contributed by atoms with Crippen LogP contribution in [-0.2, 0) is 6.54 Å². The van der Waals surface area contributed by atoms with Gasteiger partial charge in [-0.25, -0.2) is 4.98 Å². The van der Waals surface area contributed by atoms with E-state index in [1.54, 1.807) is 17.4 Å². The number of hydrogen-bond acceptors (Lipinski definition) is 3. The van der Waals surface area contributed by atoms with Crippen LogP contribution < -0.4 is 4.90 Å². The maximum Gasteiger partial charge on any atom is 0.214 e. The summed E-state index contributed by atoms with van der Waals surface area (Å²) in [4.78, 5) is 7.20. The number of nitrogens with zero attached hydrogens (tertiary/aromatic N) is 2. The van der Waals surface area contributed by atoms with Crippen molar-refractivity contribution in [1.29, 1.82) is 0 Å². The Bertz CT molecular complexity index is 442. The monoisotopic (exact) mass is 236 g/mol. The Hall–Kier alpha value is -1.42. The van der Waals surface area contributed by atoms with Gasteiger partial charge in [-0.15, -0.1) is 11.3 Å². The third-order valence-electron chi connectivity index (χ3n) is 2.33. The van der Waals surface area contributed by atoms with Gasteiger partial charge in [-0.2, -0.15) is 4.39 Å². The molecule has 0 radical (unpaired) electrons. The standard InChI is InChI=1S/C12H13FN2S/c1-2-15(9-10-5-4-8-16-10)12-7-3-6-11(13)14-12/h3-8H,2,9H2,1H3. The van der Waals surface area contributed by atoms with Crippen molar-refractivity contribution in [3.05, 3.63) is 46.5 Å². The van der Waals surface area contributed by atoms with Crippen LogP contribution in [0.3, 0.4) is 0 Å². The first-order valence-corrected chi connectivity index (χ1v) is 6.07. The van der Waals surface area contributed by atoms with Crippen molar-refractivity contribution in [3.63, 3.8) is 0 Å². The van der Waals surface area contributed by atoms with E-state index in [1.165, 1.54) is 10.9 Å². The number of halogens is 1. The van der Waals surface area contributed by atoms with Gasteiger partial charge in [0.15, 0.2) is 0 Å². The number of anilines is 1.